The van der Waals surface area contributed by atoms with Gasteiger partial charge in [0.25, 0.3) is 5.56 Å². The summed E-state index contributed by atoms with van der Waals surface area (Å²) in [7, 11) is -3.19. The van der Waals surface area contributed by atoms with Crippen molar-refractivity contribution in [3.8, 4) is 0 Å². The standard InChI is InChI=1S/C21H21N3O5S/c25-19(22-15-10-11-30(28,29)13-15)18(12-14-6-2-1-3-7-14)24-20(26)16-8-4-5-9-17(16)23-21(24)27/h1-9,15,18H,10-13H2,(H,22,25)(H,23,27). The summed E-state index contributed by atoms with van der Waals surface area (Å²) in [6.07, 6.45) is 0.433. The Hall–Kier alpha value is -3.20. The largest absolute Gasteiger partial charge is 0.350 e. The molecule has 0 bridgehead atoms. The van der Waals surface area contributed by atoms with E-state index in [1.54, 1.807) is 48.5 Å². The van der Waals surface area contributed by atoms with Gasteiger partial charge in [-0.2, -0.15) is 0 Å². The third kappa shape index (κ3) is 4.06. The highest BCUT2D eigenvalue weighted by Crippen LogP contribution is 2.16. The number of amides is 1. The van der Waals surface area contributed by atoms with Crippen LogP contribution in [0.15, 0.2) is 64.2 Å². The summed E-state index contributed by atoms with van der Waals surface area (Å²) in [5, 5.41) is 3.02. The van der Waals surface area contributed by atoms with Crippen LogP contribution in [-0.4, -0.2) is 41.4 Å². The second kappa shape index (κ2) is 7.91. The summed E-state index contributed by atoms with van der Waals surface area (Å²) in [5.41, 5.74) is -0.0843. The third-order valence-corrected chi connectivity index (χ3v) is 7.07. The summed E-state index contributed by atoms with van der Waals surface area (Å²) in [4.78, 5) is 41.7. The van der Waals surface area contributed by atoms with Crippen molar-refractivity contribution in [2.45, 2.75) is 24.9 Å². The maximum atomic E-state index is 13.1. The van der Waals surface area contributed by atoms with E-state index in [0.717, 1.165) is 10.1 Å². The first-order chi connectivity index (χ1) is 14.3. The number of H-pyrrole nitrogens is 1. The predicted molar refractivity (Wildman–Crippen MR) is 113 cm³/mol. The molecule has 4 rings (SSSR count). The minimum Gasteiger partial charge on any atom is -0.350 e. The summed E-state index contributed by atoms with van der Waals surface area (Å²) >= 11 is 0. The molecule has 30 heavy (non-hydrogen) atoms. The minimum absolute atomic E-state index is 0.0117. The summed E-state index contributed by atoms with van der Waals surface area (Å²) in [6, 6.07) is 14.0. The Balaban J connectivity index is 1.76. The average molecular weight is 427 g/mol. The minimum atomic E-state index is -3.19. The molecule has 8 nitrogen and oxygen atoms in total. The highest BCUT2D eigenvalue weighted by Gasteiger charge is 2.32. The van der Waals surface area contributed by atoms with Gasteiger partial charge in [0.15, 0.2) is 9.84 Å². The van der Waals surface area contributed by atoms with Gasteiger partial charge >= 0.3 is 5.69 Å². The maximum Gasteiger partial charge on any atom is 0.329 e. The average Bonchev–Trinajstić information content (AvgIpc) is 3.06. The molecule has 2 aromatic carbocycles. The normalized spacial score (nSPS) is 18.9. The predicted octanol–water partition coefficient (Wildman–Crippen LogP) is 0.777. The molecule has 2 N–H and O–H groups in total. The summed E-state index contributed by atoms with van der Waals surface area (Å²) in [5.74, 6) is -0.679. The van der Waals surface area contributed by atoms with Crippen LogP contribution in [0.25, 0.3) is 10.9 Å². The Morgan fingerprint density at radius 2 is 1.80 bits per heavy atom. The molecule has 1 amide bonds. The van der Waals surface area contributed by atoms with E-state index in [-0.39, 0.29) is 17.9 Å². The summed E-state index contributed by atoms with van der Waals surface area (Å²) in [6.45, 7) is 0. The van der Waals surface area contributed by atoms with Crippen LogP contribution in [-0.2, 0) is 21.1 Å². The molecule has 0 spiro atoms. The van der Waals surface area contributed by atoms with Gasteiger partial charge in [-0.1, -0.05) is 42.5 Å². The van der Waals surface area contributed by atoms with Crippen LogP contribution in [0.4, 0.5) is 0 Å². The number of hydrogen-bond donors (Lipinski definition) is 2. The lowest BCUT2D eigenvalue weighted by Gasteiger charge is -2.21. The third-order valence-electron chi connectivity index (χ3n) is 5.30. The fraction of sp³-hybridized carbons (Fsp3) is 0.286. The van der Waals surface area contributed by atoms with E-state index in [1.807, 2.05) is 6.07 Å². The van der Waals surface area contributed by atoms with Crippen LogP contribution in [0, 0.1) is 0 Å². The number of para-hydroxylation sites is 1. The van der Waals surface area contributed by atoms with Crippen molar-refractivity contribution in [3.05, 3.63) is 81.0 Å². The Kier molecular flexibility index (Phi) is 5.29. The number of aromatic amines is 1. The van der Waals surface area contributed by atoms with Crippen molar-refractivity contribution >= 4 is 26.6 Å². The topological polar surface area (TPSA) is 118 Å². The molecule has 1 aromatic heterocycles. The van der Waals surface area contributed by atoms with E-state index in [9.17, 15) is 22.8 Å². The van der Waals surface area contributed by atoms with Gasteiger partial charge in [-0.05, 0) is 24.1 Å². The molecule has 1 fully saturated rings. The number of fused-ring (bicyclic) bond motifs is 1. The zero-order valence-electron chi connectivity index (χ0n) is 16.1. The lowest BCUT2D eigenvalue weighted by molar-refractivity contribution is -0.125. The maximum absolute atomic E-state index is 13.1. The fourth-order valence-corrected chi connectivity index (χ4v) is 5.48. The number of aromatic nitrogens is 2. The van der Waals surface area contributed by atoms with Gasteiger partial charge < -0.3 is 10.3 Å². The monoisotopic (exact) mass is 427 g/mol. The number of nitrogens with zero attached hydrogens (tertiary/aromatic N) is 1. The van der Waals surface area contributed by atoms with Gasteiger partial charge in [0.1, 0.15) is 6.04 Å². The van der Waals surface area contributed by atoms with E-state index in [1.165, 1.54) is 0 Å². The Bertz CT molecular complexity index is 1310. The number of hydrogen-bond acceptors (Lipinski definition) is 5. The molecular weight excluding hydrogens is 406 g/mol. The van der Waals surface area contributed by atoms with Gasteiger partial charge in [0.2, 0.25) is 5.91 Å². The molecule has 1 saturated heterocycles. The second-order valence-electron chi connectivity index (χ2n) is 7.46. The molecule has 2 atom stereocenters. The molecular formula is C21H21N3O5S. The van der Waals surface area contributed by atoms with Crippen molar-refractivity contribution in [2.75, 3.05) is 11.5 Å². The summed E-state index contributed by atoms with van der Waals surface area (Å²) < 4.78 is 24.4. The van der Waals surface area contributed by atoms with Gasteiger partial charge in [-0.15, -0.1) is 0 Å². The van der Waals surface area contributed by atoms with Crippen molar-refractivity contribution in [3.63, 3.8) is 0 Å². The second-order valence-corrected chi connectivity index (χ2v) is 9.69. The molecule has 1 aliphatic heterocycles. The SMILES string of the molecule is O=C(NC1CCS(=O)(=O)C1)C(Cc1ccccc1)n1c(=O)[nH]c2ccccc2c1=O. The van der Waals surface area contributed by atoms with Crippen molar-refractivity contribution in [2.24, 2.45) is 0 Å². The first kappa shape index (κ1) is 20.1. The number of nitrogens with one attached hydrogen (secondary N) is 2. The molecule has 3 aromatic rings. The molecule has 156 valence electrons. The number of carbonyl (C=O) groups is 1. The Labute approximate surface area is 172 Å². The van der Waals surface area contributed by atoms with Crippen LogP contribution < -0.4 is 16.6 Å². The zero-order valence-corrected chi connectivity index (χ0v) is 16.9. The van der Waals surface area contributed by atoms with E-state index < -0.39 is 39.1 Å². The highest BCUT2D eigenvalue weighted by molar-refractivity contribution is 7.91. The Morgan fingerprint density at radius 1 is 1.10 bits per heavy atom. The fourth-order valence-electron chi connectivity index (χ4n) is 3.80. The number of sulfone groups is 1. The van der Waals surface area contributed by atoms with E-state index >= 15 is 0 Å². The van der Waals surface area contributed by atoms with Gasteiger partial charge in [0, 0.05) is 12.5 Å². The van der Waals surface area contributed by atoms with Crippen molar-refractivity contribution in [1.29, 1.82) is 0 Å². The molecule has 0 aliphatic carbocycles. The van der Waals surface area contributed by atoms with Gasteiger partial charge in [-0.3, -0.25) is 9.59 Å². The van der Waals surface area contributed by atoms with Gasteiger partial charge in [-0.25, -0.2) is 17.8 Å². The van der Waals surface area contributed by atoms with Crippen molar-refractivity contribution < 1.29 is 13.2 Å². The zero-order chi connectivity index (χ0) is 21.3. The lowest BCUT2D eigenvalue weighted by Crippen LogP contribution is -2.48. The molecule has 0 saturated carbocycles. The van der Waals surface area contributed by atoms with Crippen LogP contribution >= 0.6 is 0 Å². The van der Waals surface area contributed by atoms with Gasteiger partial charge in [0.05, 0.1) is 22.4 Å². The smallest absolute Gasteiger partial charge is 0.329 e. The van der Waals surface area contributed by atoms with Crippen LogP contribution in [0.2, 0.25) is 0 Å². The molecule has 9 heteroatoms. The van der Waals surface area contributed by atoms with Crippen molar-refractivity contribution in [1.82, 2.24) is 14.9 Å². The van der Waals surface area contributed by atoms with E-state index in [4.69, 9.17) is 0 Å². The van der Waals surface area contributed by atoms with Crippen LogP contribution in [0.1, 0.15) is 18.0 Å². The molecule has 0 radical (unpaired) electrons. The molecule has 2 unspecified atom stereocenters. The van der Waals surface area contributed by atoms with Crippen LogP contribution in [0.3, 0.4) is 0 Å². The molecule has 2 heterocycles. The first-order valence-electron chi connectivity index (χ1n) is 9.62. The Morgan fingerprint density at radius 3 is 2.50 bits per heavy atom. The van der Waals surface area contributed by atoms with Crippen LogP contribution in [0.5, 0.6) is 0 Å². The van der Waals surface area contributed by atoms with E-state index in [2.05, 4.69) is 10.3 Å². The number of benzene rings is 2. The first-order valence-corrected chi connectivity index (χ1v) is 11.4. The quantitative estimate of drug-likeness (QED) is 0.624. The lowest BCUT2D eigenvalue weighted by atomic mass is 10.0. The molecule has 1 aliphatic rings. The highest BCUT2D eigenvalue weighted by atomic mass is 32.2. The number of rotatable bonds is 5. The number of carbonyl (C=O) groups excluding carboxylic acids is 1. The van der Waals surface area contributed by atoms with E-state index in [0.29, 0.717) is 17.3 Å².